The zero-order chi connectivity index (χ0) is 20.1. The summed E-state index contributed by atoms with van der Waals surface area (Å²) in [6.07, 6.45) is 1.52. The van der Waals surface area contributed by atoms with E-state index in [9.17, 15) is 4.79 Å². The fraction of sp³-hybridized carbons (Fsp3) is 0.0500. The van der Waals surface area contributed by atoms with Crippen molar-refractivity contribution in [1.82, 2.24) is 0 Å². The minimum atomic E-state index is -0.698. The van der Waals surface area contributed by atoms with E-state index in [1.54, 1.807) is 17.8 Å². The van der Waals surface area contributed by atoms with Crippen LogP contribution in [0.15, 0.2) is 75.2 Å². The van der Waals surface area contributed by atoms with Crippen molar-refractivity contribution in [1.29, 1.82) is 0 Å². The molecule has 0 fully saturated rings. The Kier molecular flexibility index (Phi) is 6.49. The Balaban J connectivity index is 2.09. The van der Waals surface area contributed by atoms with Crippen LogP contribution >= 0.6 is 35.0 Å². The van der Waals surface area contributed by atoms with E-state index >= 15 is 0 Å². The smallest absolute Gasteiger partial charge is 0.340 e. The minimum Gasteiger partial charge on any atom is -0.466 e. The van der Waals surface area contributed by atoms with E-state index in [1.807, 2.05) is 48.5 Å². The monoisotopic (exact) mass is 429 g/mol. The zero-order valence-corrected chi connectivity index (χ0v) is 16.9. The average molecular weight is 430 g/mol. The molecule has 140 valence electrons. The molecule has 0 bridgehead atoms. The summed E-state index contributed by atoms with van der Waals surface area (Å²) in [5, 5.41) is 6.33. The van der Waals surface area contributed by atoms with Gasteiger partial charge >= 0.3 is 5.97 Å². The predicted octanol–water partition coefficient (Wildman–Crippen LogP) is 7.12. The Morgan fingerprint density at radius 3 is 2.54 bits per heavy atom. The highest BCUT2D eigenvalue weighted by Gasteiger charge is 2.11. The van der Waals surface area contributed by atoms with E-state index in [4.69, 9.17) is 28.7 Å². The first-order valence-corrected chi connectivity index (χ1v) is 9.60. The normalized spacial score (nSPS) is 11.2. The summed E-state index contributed by atoms with van der Waals surface area (Å²) in [4.78, 5) is 16.5. The van der Waals surface area contributed by atoms with Crippen LogP contribution in [0.5, 0.6) is 0 Å². The van der Waals surface area contributed by atoms with Crippen molar-refractivity contribution >= 4 is 57.8 Å². The molecule has 5 nitrogen and oxygen atoms in total. The summed E-state index contributed by atoms with van der Waals surface area (Å²) in [7, 11) is 1.23. The number of hydrogen-bond donors (Lipinski definition) is 0. The van der Waals surface area contributed by atoms with E-state index in [0.717, 1.165) is 26.1 Å². The summed E-state index contributed by atoms with van der Waals surface area (Å²) >= 11 is 13.7. The van der Waals surface area contributed by atoms with Crippen LogP contribution in [0.3, 0.4) is 0 Å². The molecule has 0 saturated carbocycles. The maximum Gasteiger partial charge on any atom is 0.340 e. The van der Waals surface area contributed by atoms with Crippen molar-refractivity contribution in [2.24, 2.45) is 5.11 Å². The molecule has 0 spiro atoms. The van der Waals surface area contributed by atoms with Gasteiger partial charge in [-0.05, 0) is 52.2 Å². The molecule has 8 heteroatoms. The van der Waals surface area contributed by atoms with Crippen LogP contribution in [-0.2, 0) is 9.53 Å². The molecule has 0 aliphatic rings. The second-order valence-corrected chi connectivity index (χ2v) is 7.52. The molecule has 0 aliphatic heterocycles. The molecule has 0 radical (unpaired) electrons. The minimum absolute atomic E-state index is 0.111. The molecule has 0 N–H and O–H groups in total. The van der Waals surface area contributed by atoms with Crippen molar-refractivity contribution in [2.75, 3.05) is 7.11 Å². The molecule has 0 aliphatic carbocycles. The summed E-state index contributed by atoms with van der Waals surface area (Å²) in [6, 6.07) is 17.0. The maximum atomic E-state index is 11.8. The third-order valence-electron chi connectivity index (χ3n) is 3.88. The van der Waals surface area contributed by atoms with Gasteiger partial charge in [0.05, 0.1) is 17.2 Å². The second kappa shape index (κ2) is 9.04. The molecule has 3 aromatic carbocycles. The van der Waals surface area contributed by atoms with E-state index in [-0.39, 0.29) is 5.70 Å². The van der Waals surface area contributed by atoms with E-state index in [2.05, 4.69) is 14.8 Å². The van der Waals surface area contributed by atoms with Gasteiger partial charge in [-0.3, -0.25) is 0 Å². The summed E-state index contributed by atoms with van der Waals surface area (Å²) < 4.78 is 4.67. The van der Waals surface area contributed by atoms with Crippen molar-refractivity contribution in [3.63, 3.8) is 0 Å². The Hall–Kier alpha value is -2.63. The first-order chi connectivity index (χ1) is 13.5. The van der Waals surface area contributed by atoms with Crippen LogP contribution in [0.2, 0.25) is 10.0 Å². The van der Waals surface area contributed by atoms with E-state index in [0.29, 0.717) is 10.0 Å². The summed E-state index contributed by atoms with van der Waals surface area (Å²) in [5.74, 6) is -0.698. The third-order valence-corrected chi connectivity index (χ3v) is 5.68. The van der Waals surface area contributed by atoms with Crippen LogP contribution < -0.4 is 0 Å². The van der Waals surface area contributed by atoms with Gasteiger partial charge in [0.2, 0.25) is 0 Å². The largest absolute Gasteiger partial charge is 0.466 e. The molecular formula is C20H13Cl2N3O2S. The van der Waals surface area contributed by atoms with Crippen molar-refractivity contribution < 1.29 is 9.53 Å². The lowest BCUT2D eigenvalue weighted by Gasteiger charge is -2.10. The molecular weight excluding hydrogens is 417 g/mol. The predicted molar refractivity (Wildman–Crippen MR) is 114 cm³/mol. The lowest BCUT2D eigenvalue weighted by molar-refractivity contribution is -0.136. The molecule has 3 aromatic rings. The van der Waals surface area contributed by atoms with Gasteiger partial charge in [-0.15, -0.1) is 0 Å². The Morgan fingerprint density at radius 2 is 1.86 bits per heavy atom. The quantitative estimate of drug-likeness (QED) is 0.142. The van der Waals surface area contributed by atoms with Crippen molar-refractivity contribution in [3.8, 4) is 0 Å². The lowest BCUT2D eigenvalue weighted by atomic mass is 10.0. The fourth-order valence-corrected chi connectivity index (χ4v) is 3.96. The topological polar surface area (TPSA) is 75.1 Å². The number of methoxy groups -OCH3 is 1. The first-order valence-electron chi connectivity index (χ1n) is 8.03. The number of benzene rings is 3. The van der Waals surface area contributed by atoms with Crippen LogP contribution in [0.4, 0.5) is 0 Å². The number of carbonyl (C=O) groups is 1. The summed E-state index contributed by atoms with van der Waals surface area (Å²) in [5.41, 5.74) is 9.34. The standard InChI is InChI=1S/C20H13Cl2N3O2S/c1-27-20(26)18(24-25-23)10-12-6-9-19(15-5-3-2-4-14(12)15)28-13-7-8-16(21)17(22)11-13/h2-11H,1H3/b18-10-. The Bertz CT molecular complexity index is 1140. The highest BCUT2D eigenvalue weighted by molar-refractivity contribution is 7.99. The molecule has 0 unspecified atom stereocenters. The fourth-order valence-electron chi connectivity index (χ4n) is 2.61. The van der Waals surface area contributed by atoms with Gasteiger partial charge in [-0.2, -0.15) is 0 Å². The highest BCUT2D eigenvalue weighted by atomic mass is 35.5. The van der Waals surface area contributed by atoms with Crippen molar-refractivity contribution in [2.45, 2.75) is 9.79 Å². The van der Waals surface area contributed by atoms with E-state index < -0.39 is 5.97 Å². The van der Waals surface area contributed by atoms with Gasteiger partial charge in [0.15, 0.2) is 0 Å². The molecule has 0 amide bonds. The number of carbonyl (C=O) groups excluding carboxylic acids is 1. The third kappa shape index (κ3) is 4.43. The average Bonchev–Trinajstić information content (AvgIpc) is 2.71. The number of halogens is 2. The van der Waals surface area contributed by atoms with Crippen LogP contribution in [0.1, 0.15) is 5.56 Å². The second-order valence-electron chi connectivity index (χ2n) is 5.59. The number of rotatable bonds is 5. The highest BCUT2D eigenvalue weighted by Crippen LogP contribution is 2.37. The van der Waals surface area contributed by atoms with Crippen LogP contribution in [0, 0.1) is 0 Å². The van der Waals surface area contributed by atoms with E-state index in [1.165, 1.54) is 13.2 Å². The summed E-state index contributed by atoms with van der Waals surface area (Å²) in [6.45, 7) is 0. The number of azide groups is 1. The van der Waals surface area contributed by atoms with Gasteiger partial charge in [0, 0.05) is 14.7 Å². The zero-order valence-electron chi connectivity index (χ0n) is 14.6. The SMILES string of the molecule is COC(=O)/C(=C/c1ccc(Sc2ccc(Cl)c(Cl)c2)c2ccccc12)N=[N+]=[N-]. The maximum absolute atomic E-state index is 11.8. The van der Waals surface area contributed by atoms with Crippen LogP contribution in [-0.4, -0.2) is 13.1 Å². The lowest BCUT2D eigenvalue weighted by Crippen LogP contribution is -2.02. The Morgan fingerprint density at radius 1 is 1.11 bits per heavy atom. The first kappa shape index (κ1) is 20.1. The molecule has 3 rings (SSSR count). The number of nitrogens with zero attached hydrogens (tertiary/aromatic N) is 3. The number of fused-ring (bicyclic) bond motifs is 1. The molecule has 0 aromatic heterocycles. The van der Waals surface area contributed by atoms with Gasteiger partial charge < -0.3 is 4.74 Å². The number of esters is 1. The number of hydrogen-bond acceptors (Lipinski definition) is 4. The molecule has 0 saturated heterocycles. The van der Waals surface area contributed by atoms with Gasteiger partial charge in [0.1, 0.15) is 5.70 Å². The van der Waals surface area contributed by atoms with Gasteiger partial charge in [0.25, 0.3) is 0 Å². The molecule has 0 heterocycles. The van der Waals surface area contributed by atoms with Crippen molar-refractivity contribution in [3.05, 3.63) is 86.3 Å². The molecule has 28 heavy (non-hydrogen) atoms. The van der Waals surface area contributed by atoms with Gasteiger partial charge in [-0.25, -0.2) is 4.79 Å². The Labute approximate surface area is 175 Å². The molecule has 0 atom stereocenters. The van der Waals surface area contributed by atoms with Crippen LogP contribution in [0.25, 0.3) is 27.3 Å². The van der Waals surface area contributed by atoms with Gasteiger partial charge in [-0.1, -0.05) is 70.4 Å². The number of ether oxygens (including phenoxy) is 1.